The third kappa shape index (κ3) is 4.95. The summed E-state index contributed by atoms with van der Waals surface area (Å²) in [5.41, 5.74) is 7.42. The predicted octanol–water partition coefficient (Wildman–Crippen LogP) is 7.23. The summed E-state index contributed by atoms with van der Waals surface area (Å²) in [5, 5.41) is 7.69. The smallest absolute Gasteiger partial charge is 0.405 e. The van der Waals surface area contributed by atoms with E-state index >= 15 is 0 Å². The largest absolute Gasteiger partial charge is 0.573 e. The fourth-order valence-electron chi connectivity index (χ4n) is 6.63. The van der Waals surface area contributed by atoms with Gasteiger partial charge in [-0.2, -0.15) is 0 Å². The molecule has 7 rings (SSSR count). The Labute approximate surface area is 226 Å². The number of alkyl halides is 3. The second-order valence-corrected chi connectivity index (χ2v) is 11.7. The Morgan fingerprint density at radius 3 is 2.62 bits per heavy atom. The van der Waals surface area contributed by atoms with Crippen LogP contribution in [0, 0.1) is 5.41 Å². The first-order valence-corrected chi connectivity index (χ1v) is 14.0. The van der Waals surface area contributed by atoms with E-state index in [0.29, 0.717) is 22.6 Å². The lowest BCUT2D eigenvalue weighted by Gasteiger charge is -2.50. The molecule has 39 heavy (non-hydrogen) atoms. The minimum absolute atomic E-state index is 0.254. The number of allylic oxidation sites excluding steroid dienone is 1. The van der Waals surface area contributed by atoms with E-state index in [4.69, 9.17) is 4.52 Å². The average Bonchev–Trinajstić information content (AvgIpc) is 3.67. The molecule has 3 fully saturated rings. The molecule has 204 valence electrons. The molecular weight excluding hydrogens is 503 g/mol. The van der Waals surface area contributed by atoms with Crippen LogP contribution in [0.1, 0.15) is 66.9 Å². The molecule has 1 aromatic heterocycles. The summed E-state index contributed by atoms with van der Waals surface area (Å²) in [7, 11) is 0. The molecule has 0 amide bonds. The molecule has 0 radical (unpaired) electrons. The van der Waals surface area contributed by atoms with E-state index in [1.54, 1.807) is 12.1 Å². The Kier molecular flexibility index (Phi) is 5.99. The van der Waals surface area contributed by atoms with Crippen LogP contribution >= 0.6 is 0 Å². The highest BCUT2D eigenvalue weighted by atomic mass is 19.4. The maximum absolute atomic E-state index is 13.1. The van der Waals surface area contributed by atoms with Crippen molar-refractivity contribution < 1.29 is 22.4 Å². The van der Waals surface area contributed by atoms with Crippen molar-refractivity contribution in [2.45, 2.75) is 63.8 Å². The summed E-state index contributed by atoms with van der Waals surface area (Å²) in [5.74, 6) is 0.826. The normalized spacial score (nSPS) is 20.5. The molecule has 3 heterocycles. The highest BCUT2D eigenvalue weighted by Gasteiger charge is 2.43. The number of piperidine rings is 1. The maximum Gasteiger partial charge on any atom is 0.573 e. The van der Waals surface area contributed by atoms with Crippen molar-refractivity contribution >= 4 is 11.8 Å². The Balaban J connectivity index is 1.08. The van der Waals surface area contributed by atoms with Gasteiger partial charge in [0.25, 0.3) is 0 Å². The van der Waals surface area contributed by atoms with Crippen LogP contribution in [0.15, 0.2) is 52.6 Å². The van der Waals surface area contributed by atoms with Gasteiger partial charge >= 0.3 is 6.36 Å². The molecule has 1 N–H and O–H groups in total. The SMILES string of the molecule is FC(F)(F)Oc1ccccc1-c1noc(C2CC2)c1C=C1CC2(CCN(c3ccc4c(c3)CCNC4)CC2)C1. The molecule has 3 aromatic rings. The van der Waals surface area contributed by atoms with Gasteiger partial charge in [-0.1, -0.05) is 28.9 Å². The molecule has 2 saturated carbocycles. The predicted molar refractivity (Wildman–Crippen MR) is 144 cm³/mol. The molecular formula is C31H32F3N3O2. The van der Waals surface area contributed by atoms with Gasteiger partial charge in [0.1, 0.15) is 17.2 Å². The Morgan fingerprint density at radius 2 is 1.85 bits per heavy atom. The van der Waals surface area contributed by atoms with Crippen molar-refractivity contribution in [1.82, 2.24) is 10.5 Å². The standard InChI is InChI=1S/C31H32F3N3O2/c32-31(33,34)38-27-4-2-1-3-25(27)28-26(29(39-36-28)21-5-6-21)15-20-17-30(18-20)10-13-37(14-11-30)24-8-7-23-19-35-12-9-22(23)16-24/h1-4,7-8,15-16,21,35H,5-6,9-14,17-19H2. The Morgan fingerprint density at radius 1 is 1.05 bits per heavy atom. The summed E-state index contributed by atoms with van der Waals surface area (Å²) < 4.78 is 49.3. The third-order valence-electron chi connectivity index (χ3n) is 8.89. The molecule has 2 aliphatic carbocycles. The van der Waals surface area contributed by atoms with Crippen molar-refractivity contribution in [3.8, 4) is 17.0 Å². The minimum atomic E-state index is -4.77. The van der Waals surface area contributed by atoms with Crippen LogP contribution in [-0.4, -0.2) is 31.2 Å². The highest BCUT2D eigenvalue weighted by molar-refractivity contribution is 5.78. The van der Waals surface area contributed by atoms with E-state index in [-0.39, 0.29) is 5.75 Å². The molecule has 4 aliphatic rings. The number of nitrogens with zero attached hydrogens (tertiary/aromatic N) is 2. The van der Waals surface area contributed by atoms with Gasteiger partial charge < -0.3 is 19.5 Å². The zero-order chi connectivity index (χ0) is 26.6. The van der Waals surface area contributed by atoms with Crippen molar-refractivity contribution in [1.29, 1.82) is 0 Å². The monoisotopic (exact) mass is 535 g/mol. The number of anilines is 1. The van der Waals surface area contributed by atoms with Crippen molar-refractivity contribution in [3.05, 3.63) is 70.5 Å². The molecule has 1 spiro atoms. The number of fused-ring (bicyclic) bond motifs is 1. The van der Waals surface area contributed by atoms with Crippen LogP contribution in [0.25, 0.3) is 17.3 Å². The number of ether oxygens (including phenoxy) is 1. The van der Waals surface area contributed by atoms with E-state index < -0.39 is 6.36 Å². The molecule has 0 bridgehead atoms. The molecule has 5 nitrogen and oxygen atoms in total. The summed E-state index contributed by atoms with van der Waals surface area (Å²) in [6.07, 6.45) is 4.83. The quantitative estimate of drug-likeness (QED) is 0.374. The van der Waals surface area contributed by atoms with Crippen LogP contribution < -0.4 is 15.0 Å². The number of halogens is 3. The van der Waals surface area contributed by atoms with Crippen LogP contribution in [0.2, 0.25) is 0 Å². The number of hydrogen-bond acceptors (Lipinski definition) is 5. The summed E-state index contributed by atoms with van der Waals surface area (Å²) in [6.45, 7) is 4.12. The number of nitrogens with one attached hydrogen (secondary N) is 1. The minimum Gasteiger partial charge on any atom is -0.405 e. The zero-order valence-corrected chi connectivity index (χ0v) is 21.8. The first-order valence-electron chi connectivity index (χ1n) is 14.0. The van der Waals surface area contributed by atoms with Gasteiger partial charge in [0.2, 0.25) is 0 Å². The second kappa shape index (κ2) is 9.44. The Hall–Kier alpha value is -3.26. The third-order valence-corrected chi connectivity index (χ3v) is 8.89. The molecule has 0 unspecified atom stereocenters. The van der Waals surface area contributed by atoms with E-state index in [2.05, 4.69) is 44.4 Å². The van der Waals surface area contributed by atoms with Crippen molar-refractivity contribution in [3.63, 3.8) is 0 Å². The number of rotatable bonds is 5. The maximum atomic E-state index is 13.1. The topological polar surface area (TPSA) is 50.5 Å². The number of hydrogen-bond donors (Lipinski definition) is 1. The summed E-state index contributed by atoms with van der Waals surface area (Å²) >= 11 is 0. The first kappa shape index (κ1) is 24.8. The fraction of sp³-hybridized carbons (Fsp3) is 0.452. The van der Waals surface area contributed by atoms with E-state index in [9.17, 15) is 13.2 Å². The first-order chi connectivity index (χ1) is 18.9. The molecule has 2 aromatic carbocycles. The number of para-hydroxylation sites is 1. The van der Waals surface area contributed by atoms with E-state index in [0.717, 1.165) is 82.4 Å². The van der Waals surface area contributed by atoms with Gasteiger partial charge in [-0.15, -0.1) is 13.2 Å². The highest BCUT2D eigenvalue weighted by Crippen LogP contribution is 2.54. The molecule has 8 heteroatoms. The van der Waals surface area contributed by atoms with Gasteiger partial charge in [0, 0.05) is 42.4 Å². The van der Waals surface area contributed by atoms with Crippen LogP contribution in [0.4, 0.5) is 18.9 Å². The van der Waals surface area contributed by atoms with Gasteiger partial charge in [-0.05, 0) is 98.4 Å². The van der Waals surface area contributed by atoms with Gasteiger partial charge in [0.15, 0.2) is 0 Å². The molecule has 1 saturated heterocycles. The van der Waals surface area contributed by atoms with Gasteiger partial charge in [0.05, 0.1) is 0 Å². The average molecular weight is 536 g/mol. The van der Waals surface area contributed by atoms with Gasteiger partial charge in [-0.3, -0.25) is 0 Å². The van der Waals surface area contributed by atoms with Crippen LogP contribution in [-0.2, 0) is 13.0 Å². The van der Waals surface area contributed by atoms with Crippen LogP contribution in [0.3, 0.4) is 0 Å². The lowest BCUT2D eigenvalue weighted by atomic mass is 9.60. The molecule has 2 aliphatic heterocycles. The fourth-order valence-corrected chi connectivity index (χ4v) is 6.63. The van der Waals surface area contributed by atoms with E-state index in [1.807, 2.05) is 0 Å². The molecule has 0 atom stereocenters. The Bertz CT molecular complexity index is 1400. The second-order valence-electron chi connectivity index (χ2n) is 11.7. The lowest BCUT2D eigenvalue weighted by Crippen LogP contribution is -2.44. The summed E-state index contributed by atoms with van der Waals surface area (Å²) in [6, 6.07) is 13.1. The zero-order valence-electron chi connectivity index (χ0n) is 21.8. The number of aromatic nitrogens is 1. The van der Waals surface area contributed by atoms with Crippen molar-refractivity contribution in [2.24, 2.45) is 5.41 Å². The summed E-state index contributed by atoms with van der Waals surface area (Å²) in [4.78, 5) is 2.52. The van der Waals surface area contributed by atoms with Crippen LogP contribution in [0.5, 0.6) is 5.75 Å². The van der Waals surface area contributed by atoms with Gasteiger partial charge in [-0.25, -0.2) is 0 Å². The van der Waals surface area contributed by atoms with Crippen molar-refractivity contribution in [2.75, 3.05) is 24.5 Å². The number of benzene rings is 2. The van der Waals surface area contributed by atoms with E-state index in [1.165, 1.54) is 34.5 Å². The lowest BCUT2D eigenvalue weighted by molar-refractivity contribution is -0.274.